The average Bonchev–Trinajstić information content (AvgIpc) is 3.40. The van der Waals surface area contributed by atoms with E-state index in [-0.39, 0.29) is 23.2 Å². The van der Waals surface area contributed by atoms with Crippen LogP contribution in [0.15, 0.2) is 29.6 Å². The number of alkyl halides is 3. The normalized spacial score (nSPS) is 14.8. The standard InChI is InChI=1S/C22H21F3N4O3S2/c1-12-18(34-13(2)26-12)21(31)29-9-7-14(8-10-29)20-28-16(11-33-20)19(30)27-15-5-3-4-6-17(15)32-22(23,24)25/h3-6,11,14H,7-10H2,1-2H3,(H,27,30). The number of piperidine rings is 1. The second-order valence-electron chi connectivity index (χ2n) is 7.78. The Morgan fingerprint density at radius 3 is 2.50 bits per heavy atom. The number of rotatable bonds is 5. The van der Waals surface area contributed by atoms with E-state index in [2.05, 4.69) is 20.0 Å². The third kappa shape index (κ3) is 5.55. The summed E-state index contributed by atoms with van der Waals surface area (Å²) in [6.07, 6.45) is -3.46. The minimum Gasteiger partial charge on any atom is -0.404 e. The van der Waals surface area contributed by atoms with Gasteiger partial charge in [0.1, 0.15) is 10.6 Å². The van der Waals surface area contributed by atoms with Gasteiger partial charge in [-0.3, -0.25) is 9.59 Å². The lowest BCUT2D eigenvalue weighted by molar-refractivity contribution is -0.274. The van der Waals surface area contributed by atoms with Gasteiger partial charge in [0.05, 0.1) is 21.4 Å². The van der Waals surface area contributed by atoms with Crippen molar-refractivity contribution in [2.45, 2.75) is 39.0 Å². The number of nitrogens with zero attached hydrogens (tertiary/aromatic N) is 3. The minimum absolute atomic E-state index is 0.0134. The molecule has 1 saturated heterocycles. The van der Waals surface area contributed by atoms with Gasteiger partial charge >= 0.3 is 6.36 Å². The summed E-state index contributed by atoms with van der Waals surface area (Å²) in [7, 11) is 0. The first-order chi connectivity index (χ1) is 16.1. The van der Waals surface area contributed by atoms with Crippen molar-refractivity contribution in [3.8, 4) is 5.75 Å². The van der Waals surface area contributed by atoms with Crippen LogP contribution in [0.25, 0.3) is 0 Å². The lowest BCUT2D eigenvalue weighted by Crippen LogP contribution is -2.37. The number of para-hydroxylation sites is 2. The summed E-state index contributed by atoms with van der Waals surface area (Å²) in [6.45, 7) is 4.85. The number of aromatic nitrogens is 2. The number of carbonyl (C=O) groups excluding carboxylic acids is 2. The van der Waals surface area contributed by atoms with Gasteiger partial charge in [-0.2, -0.15) is 0 Å². The van der Waals surface area contributed by atoms with Gasteiger partial charge in [-0.05, 0) is 38.8 Å². The molecule has 1 fully saturated rings. The molecule has 0 aliphatic carbocycles. The molecule has 4 rings (SSSR count). The molecule has 1 aromatic carbocycles. The molecule has 7 nitrogen and oxygen atoms in total. The van der Waals surface area contributed by atoms with Crippen LogP contribution in [0.4, 0.5) is 18.9 Å². The van der Waals surface area contributed by atoms with Crippen molar-refractivity contribution in [1.29, 1.82) is 0 Å². The number of hydrogen-bond donors (Lipinski definition) is 1. The SMILES string of the molecule is Cc1nc(C)c(C(=O)N2CCC(c3nc(C(=O)Nc4ccccc4OC(F)(F)F)cs3)CC2)s1. The van der Waals surface area contributed by atoms with Crippen molar-refractivity contribution >= 4 is 40.2 Å². The van der Waals surface area contributed by atoms with Crippen LogP contribution in [0.1, 0.15) is 54.6 Å². The first-order valence-corrected chi connectivity index (χ1v) is 12.1. The zero-order valence-electron chi connectivity index (χ0n) is 18.3. The van der Waals surface area contributed by atoms with E-state index in [1.54, 1.807) is 5.38 Å². The van der Waals surface area contributed by atoms with E-state index in [9.17, 15) is 22.8 Å². The molecule has 3 aromatic rings. The van der Waals surface area contributed by atoms with Crippen molar-refractivity contribution in [1.82, 2.24) is 14.9 Å². The molecule has 3 heterocycles. The third-order valence-corrected chi connectivity index (χ3v) is 7.41. The number of thiazole rings is 2. The Labute approximate surface area is 201 Å². The highest BCUT2D eigenvalue weighted by Gasteiger charge is 2.32. The number of ether oxygens (including phenoxy) is 1. The van der Waals surface area contributed by atoms with Crippen molar-refractivity contribution in [2.24, 2.45) is 0 Å². The van der Waals surface area contributed by atoms with Gasteiger partial charge in [0.2, 0.25) is 0 Å². The van der Waals surface area contributed by atoms with E-state index in [4.69, 9.17) is 0 Å². The Bertz CT molecular complexity index is 1200. The van der Waals surface area contributed by atoms with Gasteiger partial charge in [0.15, 0.2) is 5.75 Å². The molecule has 0 spiro atoms. The fraction of sp³-hybridized carbons (Fsp3) is 0.364. The Hall–Kier alpha value is -2.99. The van der Waals surface area contributed by atoms with Gasteiger partial charge in [-0.1, -0.05) is 12.1 Å². The van der Waals surface area contributed by atoms with Crippen LogP contribution in [0.5, 0.6) is 5.75 Å². The van der Waals surface area contributed by atoms with Crippen molar-refractivity contribution < 1.29 is 27.5 Å². The number of nitrogens with one attached hydrogen (secondary N) is 1. The van der Waals surface area contributed by atoms with Gasteiger partial charge in [-0.25, -0.2) is 9.97 Å². The predicted molar refractivity (Wildman–Crippen MR) is 123 cm³/mol. The molecule has 0 saturated carbocycles. The number of aryl methyl sites for hydroxylation is 2. The molecular formula is C22H21F3N4O3S2. The first-order valence-electron chi connectivity index (χ1n) is 10.5. The Morgan fingerprint density at radius 1 is 1.15 bits per heavy atom. The van der Waals surface area contributed by atoms with E-state index in [0.717, 1.165) is 21.8 Å². The zero-order valence-corrected chi connectivity index (χ0v) is 19.9. The smallest absolute Gasteiger partial charge is 0.404 e. The van der Waals surface area contributed by atoms with Crippen LogP contribution in [0.3, 0.4) is 0 Å². The summed E-state index contributed by atoms with van der Waals surface area (Å²) in [5, 5.41) is 5.64. The molecule has 0 atom stereocenters. The summed E-state index contributed by atoms with van der Waals surface area (Å²) in [5.41, 5.74) is 0.767. The molecule has 2 amide bonds. The molecule has 12 heteroatoms. The number of carbonyl (C=O) groups is 2. The van der Waals surface area contributed by atoms with E-state index in [1.807, 2.05) is 18.7 Å². The maximum absolute atomic E-state index is 12.8. The summed E-state index contributed by atoms with van der Waals surface area (Å²) in [6, 6.07) is 5.33. The number of halogens is 3. The van der Waals surface area contributed by atoms with Crippen molar-refractivity contribution in [2.75, 3.05) is 18.4 Å². The zero-order chi connectivity index (χ0) is 24.5. The van der Waals surface area contributed by atoms with Crippen LogP contribution < -0.4 is 10.1 Å². The molecule has 2 aromatic heterocycles. The Balaban J connectivity index is 1.38. The van der Waals surface area contributed by atoms with E-state index < -0.39 is 18.0 Å². The van der Waals surface area contributed by atoms with E-state index >= 15 is 0 Å². The van der Waals surface area contributed by atoms with Crippen LogP contribution >= 0.6 is 22.7 Å². The highest BCUT2D eigenvalue weighted by atomic mass is 32.1. The maximum Gasteiger partial charge on any atom is 0.573 e. The number of anilines is 1. The number of hydrogen-bond acceptors (Lipinski definition) is 7. The van der Waals surface area contributed by atoms with E-state index in [0.29, 0.717) is 30.8 Å². The molecule has 180 valence electrons. The van der Waals surface area contributed by atoms with Crippen LogP contribution in [0.2, 0.25) is 0 Å². The fourth-order valence-electron chi connectivity index (χ4n) is 3.75. The second kappa shape index (κ2) is 9.71. The summed E-state index contributed by atoms with van der Waals surface area (Å²) in [5.74, 6) is -1.03. The molecular weight excluding hydrogens is 489 g/mol. The third-order valence-electron chi connectivity index (χ3n) is 5.34. The monoisotopic (exact) mass is 510 g/mol. The molecule has 0 unspecified atom stereocenters. The molecule has 0 radical (unpaired) electrons. The Kier molecular flexibility index (Phi) is 6.89. The Morgan fingerprint density at radius 2 is 1.85 bits per heavy atom. The quantitative estimate of drug-likeness (QED) is 0.498. The fourth-order valence-corrected chi connectivity index (χ4v) is 5.61. The predicted octanol–water partition coefficient (Wildman–Crippen LogP) is 5.39. The van der Waals surface area contributed by atoms with Gasteiger partial charge < -0.3 is 15.0 Å². The lowest BCUT2D eigenvalue weighted by Gasteiger charge is -2.30. The van der Waals surface area contributed by atoms with Crippen LogP contribution in [-0.2, 0) is 0 Å². The summed E-state index contributed by atoms with van der Waals surface area (Å²) < 4.78 is 41.8. The highest BCUT2D eigenvalue weighted by molar-refractivity contribution is 7.13. The van der Waals surface area contributed by atoms with Gasteiger partial charge in [0, 0.05) is 24.4 Å². The lowest BCUT2D eigenvalue weighted by atomic mass is 9.97. The van der Waals surface area contributed by atoms with Crippen LogP contribution in [0, 0.1) is 13.8 Å². The van der Waals surface area contributed by atoms with Crippen molar-refractivity contribution in [3.05, 3.63) is 55.9 Å². The van der Waals surface area contributed by atoms with E-state index in [1.165, 1.54) is 40.9 Å². The highest BCUT2D eigenvalue weighted by Crippen LogP contribution is 2.33. The van der Waals surface area contributed by atoms with Gasteiger partial charge in [-0.15, -0.1) is 35.8 Å². The molecule has 1 N–H and O–H groups in total. The van der Waals surface area contributed by atoms with Gasteiger partial charge in [0.25, 0.3) is 11.8 Å². The first kappa shape index (κ1) is 24.1. The molecule has 1 aliphatic rings. The summed E-state index contributed by atoms with van der Waals surface area (Å²) >= 11 is 2.72. The summed E-state index contributed by atoms with van der Waals surface area (Å²) in [4.78, 5) is 36.6. The number of benzene rings is 1. The number of likely N-dealkylation sites (tertiary alicyclic amines) is 1. The minimum atomic E-state index is -4.87. The molecule has 34 heavy (non-hydrogen) atoms. The maximum atomic E-state index is 12.8. The second-order valence-corrected chi connectivity index (χ2v) is 9.88. The molecule has 1 aliphatic heterocycles. The van der Waals surface area contributed by atoms with Crippen LogP contribution in [-0.4, -0.2) is 46.1 Å². The topological polar surface area (TPSA) is 84.4 Å². The number of amides is 2. The molecule has 0 bridgehead atoms. The van der Waals surface area contributed by atoms with Crippen molar-refractivity contribution in [3.63, 3.8) is 0 Å². The largest absolute Gasteiger partial charge is 0.573 e. The average molecular weight is 511 g/mol.